The molecule has 0 radical (unpaired) electrons. The number of nitrogens with zero attached hydrogens (tertiary/aromatic N) is 1. The first-order valence-electron chi connectivity index (χ1n) is 9.89. The lowest BCUT2D eigenvalue weighted by molar-refractivity contribution is -0.134. The zero-order valence-electron chi connectivity index (χ0n) is 17.2. The van der Waals surface area contributed by atoms with E-state index in [2.05, 4.69) is 11.4 Å². The van der Waals surface area contributed by atoms with Crippen molar-refractivity contribution in [3.8, 4) is 11.5 Å². The normalized spacial score (nSPS) is 12.9. The molecule has 0 aromatic heterocycles. The number of aryl methyl sites for hydroxylation is 2. The van der Waals surface area contributed by atoms with E-state index in [1.807, 2.05) is 38.1 Å². The third kappa shape index (κ3) is 5.98. The molecule has 6 nitrogen and oxygen atoms in total. The monoisotopic (exact) mass is 396 g/mol. The molecule has 0 bridgehead atoms. The summed E-state index contributed by atoms with van der Waals surface area (Å²) < 4.78 is 10.9. The van der Waals surface area contributed by atoms with Crippen LogP contribution < -0.4 is 14.8 Å². The molecular formula is C23H28N2O4. The molecule has 1 aliphatic carbocycles. The van der Waals surface area contributed by atoms with E-state index in [1.165, 1.54) is 0 Å². The number of carbonyl (C=O) groups is 2. The molecule has 0 heterocycles. The van der Waals surface area contributed by atoms with Gasteiger partial charge in [0, 0.05) is 24.7 Å². The van der Waals surface area contributed by atoms with Crippen LogP contribution in [-0.4, -0.2) is 43.0 Å². The Balaban J connectivity index is 1.53. The topological polar surface area (TPSA) is 67.9 Å². The van der Waals surface area contributed by atoms with Crippen molar-refractivity contribution in [2.75, 3.05) is 25.6 Å². The van der Waals surface area contributed by atoms with Crippen LogP contribution in [0.25, 0.3) is 0 Å². The van der Waals surface area contributed by atoms with Gasteiger partial charge in [-0.1, -0.05) is 18.2 Å². The molecule has 2 amide bonds. The molecule has 3 rings (SSSR count). The summed E-state index contributed by atoms with van der Waals surface area (Å²) in [5, 5.41) is 2.93. The summed E-state index contributed by atoms with van der Waals surface area (Å²) in [7, 11) is 1.56. The molecule has 0 unspecified atom stereocenters. The largest absolute Gasteiger partial charge is 0.493 e. The second-order valence-corrected chi connectivity index (χ2v) is 7.43. The molecule has 1 saturated carbocycles. The molecular weight excluding hydrogens is 368 g/mol. The summed E-state index contributed by atoms with van der Waals surface area (Å²) in [5.74, 6) is 0.912. The lowest BCUT2D eigenvalue weighted by Crippen LogP contribution is -2.38. The van der Waals surface area contributed by atoms with Gasteiger partial charge >= 0.3 is 0 Å². The Bertz CT molecular complexity index is 857. The number of para-hydroxylation sites is 2. The maximum atomic E-state index is 12.7. The molecule has 2 aromatic carbocycles. The SMILES string of the molecule is COc1ccccc1OCC(=O)N(CCC(=O)Nc1cc(C)cc(C)c1)C1CC1. The maximum Gasteiger partial charge on any atom is 0.260 e. The standard InChI is InChI=1S/C23H28N2O4/c1-16-12-17(2)14-18(13-16)24-22(26)10-11-25(19-8-9-19)23(27)15-29-21-7-5-4-6-20(21)28-3/h4-7,12-14,19H,8-11,15H2,1-3H3,(H,24,26). The van der Waals surface area contributed by atoms with Gasteiger partial charge in [-0.05, 0) is 62.1 Å². The zero-order valence-corrected chi connectivity index (χ0v) is 17.2. The molecule has 29 heavy (non-hydrogen) atoms. The van der Waals surface area contributed by atoms with Gasteiger partial charge < -0.3 is 19.7 Å². The van der Waals surface area contributed by atoms with E-state index in [0.717, 1.165) is 29.7 Å². The summed E-state index contributed by atoms with van der Waals surface area (Å²) in [6.07, 6.45) is 2.20. The lowest BCUT2D eigenvalue weighted by Gasteiger charge is -2.22. The number of carbonyl (C=O) groups excluding carboxylic acids is 2. The highest BCUT2D eigenvalue weighted by Gasteiger charge is 2.32. The number of nitrogens with one attached hydrogen (secondary N) is 1. The van der Waals surface area contributed by atoms with Crippen molar-refractivity contribution >= 4 is 17.5 Å². The number of hydrogen-bond donors (Lipinski definition) is 1. The molecule has 1 N–H and O–H groups in total. The third-order valence-corrected chi connectivity index (χ3v) is 4.81. The molecule has 1 aliphatic rings. The minimum Gasteiger partial charge on any atom is -0.493 e. The van der Waals surface area contributed by atoms with Gasteiger partial charge in [-0.15, -0.1) is 0 Å². The highest BCUT2D eigenvalue weighted by molar-refractivity contribution is 5.91. The van der Waals surface area contributed by atoms with E-state index in [1.54, 1.807) is 24.1 Å². The second-order valence-electron chi connectivity index (χ2n) is 7.43. The van der Waals surface area contributed by atoms with Gasteiger partial charge in [0.25, 0.3) is 5.91 Å². The van der Waals surface area contributed by atoms with Crippen LogP contribution in [0.1, 0.15) is 30.4 Å². The van der Waals surface area contributed by atoms with Gasteiger partial charge in [0.15, 0.2) is 18.1 Å². The number of ether oxygens (including phenoxy) is 2. The summed E-state index contributed by atoms with van der Waals surface area (Å²) in [6.45, 7) is 4.31. The highest BCUT2D eigenvalue weighted by Crippen LogP contribution is 2.29. The van der Waals surface area contributed by atoms with Crippen LogP contribution in [0.4, 0.5) is 5.69 Å². The predicted octanol–water partition coefficient (Wildman–Crippen LogP) is 3.71. The fourth-order valence-corrected chi connectivity index (χ4v) is 3.35. The van der Waals surface area contributed by atoms with E-state index < -0.39 is 0 Å². The van der Waals surface area contributed by atoms with E-state index in [0.29, 0.717) is 18.0 Å². The Morgan fingerprint density at radius 3 is 2.34 bits per heavy atom. The number of benzene rings is 2. The van der Waals surface area contributed by atoms with E-state index in [9.17, 15) is 9.59 Å². The first-order valence-corrected chi connectivity index (χ1v) is 9.89. The fraction of sp³-hybridized carbons (Fsp3) is 0.391. The molecule has 0 spiro atoms. The summed E-state index contributed by atoms with van der Waals surface area (Å²) in [4.78, 5) is 26.8. The fourth-order valence-electron chi connectivity index (χ4n) is 3.35. The molecule has 1 fully saturated rings. The van der Waals surface area contributed by atoms with Crippen LogP contribution in [-0.2, 0) is 9.59 Å². The lowest BCUT2D eigenvalue weighted by atomic mass is 10.1. The Morgan fingerprint density at radius 2 is 1.72 bits per heavy atom. The van der Waals surface area contributed by atoms with Gasteiger partial charge in [0.1, 0.15) is 0 Å². The molecule has 0 aliphatic heterocycles. The molecule has 2 aromatic rings. The number of rotatable bonds is 9. The summed E-state index contributed by atoms with van der Waals surface area (Å²) >= 11 is 0. The quantitative estimate of drug-likeness (QED) is 0.702. The Morgan fingerprint density at radius 1 is 1.07 bits per heavy atom. The maximum absolute atomic E-state index is 12.7. The number of anilines is 1. The van der Waals surface area contributed by atoms with Crippen molar-refractivity contribution in [3.63, 3.8) is 0 Å². The number of methoxy groups -OCH3 is 1. The second kappa shape index (κ2) is 9.45. The minimum absolute atomic E-state index is 0.0738. The first kappa shape index (κ1) is 20.7. The summed E-state index contributed by atoms with van der Waals surface area (Å²) in [5.41, 5.74) is 2.99. The highest BCUT2D eigenvalue weighted by atomic mass is 16.5. The van der Waals surface area contributed by atoms with E-state index in [-0.39, 0.29) is 30.9 Å². The van der Waals surface area contributed by atoms with Crippen molar-refractivity contribution in [3.05, 3.63) is 53.6 Å². The first-order chi connectivity index (χ1) is 14.0. The van der Waals surface area contributed by atoms with Crippen LogP contribution in [0.3, 0.4) is 0 Å². The average Bonchev–Trinajstić information content (AvgIpc) is 3.51. The van der Waals surface area contributed by atoms with Crippen molar-refractivity contribution in [1.82, 2.24) is 4.90 Å². The zero-order chi connectivity index (χ0) is 20.8. The average molecular weight is 396 g/mol. The van der Waals surface area contributed by atoms with Gasteiger partial charge in [-0.3, -0.25) is 9.59 Å². The van der Waals surface area contributed by atoms with Crippen molar-refractivity contribution in [2.45, 2.75) is 39.2 Å². The van der Waals surface area contributed by atoms with Crippen molar-refractivity contribution in [2.24, 2.45) is 0 Å². The smallest absolute Gasteiger partial charge is 0.260 e. The van der Waals surface area contributed by atoms with Crippen LogP contribution in [0, 0.1) is 13.8 Å². The van der Waals surface area contributed by atoms with Crippen LogP contribution in [0.5, 0.6) is 11.5 Å². The molecule has 6 heteroatoms. The van der Waals surface area contributed by atoms with Crippen molar-refractivity contribution in [1.29, 1.82) is 0 Å². The molecule has 0 saturated heterocycles. The van der Waals surface area contributed by atoms with Gasteiger partial charge in [0.2, 0.25) is 5.91 Å². The minimum atomic E-state index is -0.113. The Kier molecular flexibility index (Phi) is 6.75. The molecule has 0 atom stereocenters. The summed E-state index contributed by atoms with van der Waals surface area (Å²) in [6, 6.07) is 13.4. The number of hydrogen-bond acceptors (Lipinski definition) is 4. The van der Waals surface area contributed by atoms with Crippen LogP contribution in [0.2, 0.25) is 0 Å². The van der Waals surface area contributed by atoms with Crippen LogP contribution >= 0.6 is 0 Å². The van der Waals surface area contributed by atoms with Gasteiger partial charge in [-0.2, -0.15) is 0 Å². The van der Waals surface area contributed by atoms with E-state index >= 15 is 0 Å². The van der Waals surface area contributed by atoms with E-state index in [4.69, 9.17) is 9.47 Å². The van der Waals surface area contributed by atoms with Crippen LogP contribution in [0.15, 0.2) is 42.5 Å². The molecule has 154 valence electrons. The third-order valence-electron chi connectivity index (χ3n) is 4.81. The van der Waals surface area contributed by atoms with Crippen molar-refractivity contribution < 1.29 is 19.1 Å². The van der Waals surface area contributed by atoms with Gasteiger partial charge in [-0.25, -0.2) is 0 Å². The number of amides is 2. The predicted molar refractivity (Wildman–Crippen MR) is 112 cm³/mol. The Labute approximate surface area is 171 Å². The van der Waals surface area contributed by atoms with Gasteiger partial charge in [0.05, 0.1) is 7.11 Å². The Hall–Kier alpha value is -3.02.